The van der Waals surface area contributed by atoms with Crippen molar-refractivity contribution in [1.29, 1.82) is 0 Å². The van der Waals surface area contributed by atoms with Crippen molar-refractivity contribution in [2.45, 2.75) is 0 Å². The summed E-state index contributed by atoms with van der Waals surface area (Å²) in [5, 5.41) is 1.05. The summed E-state index contributed by atoms with van der Waals surface area (Å²) in [6.07, 6.45) is 4.21. The van der Waals surface area contributed by atoms with Crippen LogP contribution in [0, 0.1) is 0 Å². The van der Waals surface area contributed by atoms with Gasteiger partial charge in [0, 0.05) is 16.5 Å². The zero-order valence-corrected chi connectivity index (χ0v) is 19.9. The number of ether oxygens (including phenoxy) is 3. The fourth-order valence-electron chi connectivity index (χ4n) is 4.10. The van der Waals surface area contributed by atoms with Crippen molar-refractivity contribution in [2.75, 3.05) is 21.3 Å². The van der Waals surface area contributed by atoms with Gasteiger partial charge in [-0.3, -0.25) is 0 Å². The smallest absolute Gasteiger partial charge is 0.142 e. The van der Waals surface area contributed by atoms with E-state index in [0.29, 0.717) is 0 Å². The minimum atomic E-state index is 0.807. The molecule has 0 amide bonds. The average molecular weight is 463 g/mol. The molecule has 0 aliphatic heterocycles. The number of furan rings is 1. The van der Waals surface area contributed by atoms with Crippen LogP contribution in [-0.4, -0.2) is 21.3 Å². The second-order valence-corrected chi connectivity index (χ2v) is 8.12. The number of methoxy groups -OCH3 is 3. The number of benzene rings is 4. The molecule has 35 heavy (non-hydrogen) atoms. The third-order valence-electron chi connectivity index (χ3n) is 6.06. The molecule has 0 fully saturated rings. The maximum Gasteiger partial charge on any atom is 0.142 e. The Hall–Kier alpha value is -4.44. The van der Waals surface area contributed by atoms with Crippen LogP contribution in [0.3, 0.4) is 0 Å². The Bertz CT molecular complexity index is 1460. The van der Waals surface area contributed by atoms with Crippen LogP contribution in [0.5, 0.6) is 17.2 Å². The molecule has 4 heteroatoms. The van der Waals surface area contributed by atoms with E-state index in [2.05, 4.69) is 36.4 Å². The summed E-state index contributed by atoms with van der Waals surface area (Å²) in [6, 6.07) is 30.3. The SMILES string of the molecule is COc1ccc(/C=C/c2c(-c3ccc(OC)cc3)oc3ccc(-c4ccc(OC)cc4)cc23)cc1. The minimum absolute atomic E-state index is 0.807. The van der Waals surface area contributed by atoms with Crippen LogP contribution in [0.25, 0.3) is 45.6 Å². The normalized spacial score (nSPS) is 11.2. The van der Waals surface area contributed by atoms with Gasteiger partial charge in [0.05, 0.1) is 21.3 Å². The summed E-state index contributed by atoms with van der Waals surface area (Å²) in [6.45, 7) is 0. The number of fused-ring (bicyclic) bond motifs is 1. The molecule has 4 aromatic carbocycles. The van der Waals surface area contributed by atoms with Crippen LogP contribution in [-0.2, 0) is 0 Å². The number of hydrogen-bond donors (Lipinski definition) is 0. The minimum Gasteiger partial charge on any atom is -0.497 e. The first kappa shape index (κ1) is 22.4. The van der Waals surface area contributed by atoms with Crippen LogP contribution < -0.4 is 14.2 Å². The maximum absolute atomic E-state index is 6.38. The Labute approximate surface area is 205 Å². The van der Waals surface area contributed by atoms with Crippen LogP contribution in [0.4, 0.5) is 0 Å². The molecular formula is C31H26O4. The Morgan fingerprint density at radius 1 is 0.543 bits per heavy atom. The van der Waals surface area contributed by atoms with Crippen molar-refractivity contribution in [2.24, 2.45) is 0 Å². The van der Waals surface area contributed by atoms with Crippen molar-refractivity contribution in [3.63, 3.8) is 0 Å². The molecule has 0 N–H and O–H groups in total. The molecule has 0 unspecified atom stereocenters. The van der Waals surface area contributed by atoms with Crippen LogP contribution in [0.2, 0.25) is 0 Å². The van der Waals surface area contributed by atoms with Gasteiger partial charge in [0.1, 0.15) is 28.6 Å². The zero-order chi connectivity index (χ0) is 24.2. The van der Waals surface area contributed by atoms with E-state index in [0.717, 1.165) is 61.8 Å². The fourth-order valence-corrected chi connectivity index (χ4v) is 4.10. The molecule has 0 bridgehead atoms. The van der Waals surface area contributed by atoms with E-state index in [9.17, 15) is 0 Å². The van der Waals surface area contributed by atoms with Gasteiger partial charge in [-0.05, 0) is 83.4 Å². The van der Waals surface area contributed by atoms with E-state index in [-0.39, 0.29) is 0 Å². The van der Waals surface area contributed by atoms with E-state index in [1.54, 1.807) is 21.3 Å². The molecule has 0 aliphatic rings. The summed E-state index contributed by atoms with van der Waals surface area (Å²) in [5.74, 6) is 3.29. The fraction of sp³-hybridized carbons (Fsp3) is 0.0968. The summed E-state index contributed by atoms with van der Waals surface area (Å²) in [7, 11) is 5.01. The van der Waals surface area contributed by atoms with Gasteiger partial charge < -0.3 is 18.6 Å². The molecule has 5 rings (SSSR count). The largest absolute Gasteiger partial charge is 0.497 e. The van der Waals surface area contributed by atoms with Gasteiger partial charge >= 0.3 is 0 Å². The Balaban J connectivity index is 1.62. The van der Waals surface area contributed by atoms with E-state index in [4.69, 9.17) is 18.6 Å². The van der Waals surface area contributed by atoms with E-state index < -0.39 is 0 Å². The average Bonchev–Trinajstić information content (AvgIpc) is 3.30. The first-order valence-corrected chi connectivity index (χ1v) is 11.4. The van der Waals surface area contributed by atoms with Crippen LogP contribution in [0.1, 0.15) is 11.1 Å². The number of hydrogen-bond acceptors (Lipinski definition) is 4. The van der Waals surface area contributed by atoms with Crippen molar-refractivity contribution >= 4 is 23.1 Å². The second kappa shape index (κ2) is 9.82. The lowest BCUT2D eigenvalue weighted by atomic mass is 10.00. The summed E-state index contributed by atoms with van der Waals surface area (Å²) >= 11 is 0. The Kier molecular flexibility index (Phi) is 6.27. The highest BCUT2D eigenvalue weighted by atomic mass is 16.5. The van der Waals surface area contributed by atoms with E-state index in [1.165, 1.54) is 0 Å². The maximum atomic E-state index is 6.38. The monoisotopic (exact) mass is 462 g/mol. The Morgan fingerprint density at radius 2 is 1.06 bits per heavy atom. The van der Waals surface area contributed by atoms with Gasteiger partial charge in [-0.25, -0.2) is 0 Å². The topological polar surface area (TPSA) is 40.8 Å². The first-order valence-electron chi connectivity index (χ1n) is 11.4. The van der Waals surface area contributed by atoms with E-state index in [1.807, 2.05) is 66.7 Å². The predicted octanol–water partition coefficient (Wildman–Crippen LogP) is 7.96. The molecule has 0 saturated heterocycles. The van der Waals surface area contributed by atoms with Crippen molar-refractivity contribution < 1.29 is 18.6 Å². The van der Waals surface area contributed by atoms with Gasteiger partial charge in [0.15, 0.2) is 0 Å². The molecule has 0 spiro atoms. The van der Waals surface area contributed by atoms with Crippen LogP contribution in [0.15, 0.2) is 95.4 Å². The number of rotatable bonds is 7. The highest BCUT2D eigenvalue weighted by Crippen LogP contribution is 2.38. The molecule has 0 saturated carbocycles. The third kappa shape index (κ3) is 4.64. The second-order valence-electron chi connectivity index (χ2n) is 8.12. The van der Waals surface area contributed by atoms with Crippen LogP contribution >= 0.6 is 0 Å². The molecule has 1 aromatic heterocycles. The molecular weight excluding hydrogens is 436 g/mol. The molecule has 174 valence electrons. The summed E-state index contributed by atoms with van der Waals surface area (Å²) < 4.78 is 22.3. The highest BCUT2D eigenvalue weighted by molar-refractivity contribution is 5.98. The van der Waals surface area contributed by atoms with Crippen molar-refractivity contribution in [3.8, 4) is 39.7 Å². The van der Waals surface area contributed by atoms with Gasteiger partial charge in [0.25, 0.3) is 0 Å². The van der Waals surface area contributed by atoms with Gasteiger partial charge in [0.2, 0.25) is 0 Å². The quantitative estimate of drug-likeness (QED) is 0.246. The van der Waals surface area contributed by atoms with E-state index >= 15 is 0 Å². The predicted molar refractivity (Wildman–Crippen MR) is 142 cm³/mol. The lowest BCUT2D eigenvalue weighted by molar-refractivity contribution is 0.414. The lowest BCUT2D eigenvalue weighted by Crippen LogP contribution is -1.84. The molecule has 5 aromatic rings. The van der Waals surface area contributed by atoms with Gasteiger partial charge in [-0.2, -0.15) is 0 Å². The standard InChI is InChI=1S/C31H26O4/c1-32-25-12-4-21(5-13-25)6-18-28-29-20-24(22-7-14-26(33-2)15-8-22)11-19-30(29)35-31(28)23-9-16-27(34-3)17-10-23/h4-20H,1-3H3/b18-6+. The summed E-state index contributed by atoms with van der Waals surface area (Å²) in [4.78, 5) is 0. The van der Waals surface area contributed by atoms with Gasteiger partial charge in [-0.1, -0.05) is 36.4 Å². The molecule has 4 nitrogen and oxygen atoms in total. The third-order valence-corrected chi connectivity index (χ3v) is 6.06. The summed E-state index contributed by atoms with van der Waals surface area (Å²) in [5.41, 5.74) is 6.15. The molecule has 0 radical (unpaired) electrons. The van der Waals surface area contributed by atoms with Crippen molar-refractivity contribution in [3.05, 3.63) is 102 Å². The highest BCUT2D eigenvalue weighted by Gasteiger charge is 2.15. The van der Waals surface area contributed by atoms with Crippen molar-refractivity contribution in [1.82, 2.24) is 0 Å². The molecule has 1 heterocycles. The Morgan fingerprint density at radius 3 is 1.63 bits per heavy atom. The molecule has 0 aliphatic carbocycles. The zero-order valence-electron chi connectivity index (χ0n) is 19.9. The first-order chi connectivity index (χ1) is 17.2. The molecule has 0 atom stereocenters. The lowest BCUT2D eigenvalue weighted by Gasteiger charge is -2.05. The van der Waals surface area contributed by atoms with Gasteiger partial charge in [-0.15, -0.1) is 0 Å².